The summed E-state index contributed by atoms with van der Waals surface area (Å²) in [4.78, 5) is 26.7. The number of carbonyl (C=O) groups is 1. The quantitative estimate of drug-likeness (QED) is 0.534. The highest BCUT2D eigenvalue weighted by Gasteiger charge is 2.30. The molecule has 0 aliphatic carbocycles. The number of nitrogens with one attached hydrogen (secondary N) is 1. The number of amides is 1. The van der Waals surface area contributed by atoms with Gasteiger partial charge >= 0.3 is 0 Å². The van der Waals surface area contributed by atoms with Crippen LogP contribution < -0.4 is 0 Å². The zero-order chi connectivity index (χ0) is 21.3. The van der Waals surface area contributed by atoms with Gasteiger partial charge in [0.15, 0.2) is 5.82 Å². The van der Waals surface area contributed by atoms with Gasteiger partial charge in [0.1, 0.15) is 16.9 Å². The molecule has 2 aromatic heterocycles. The van der Waals surface area contributed by atoms with Gasteiger partial charge in [-0.1, -0.05) is 60.7 Å². The van der Waals surface area contributed by atoms with Crippen LogP contribution in [0.25, 0.3) is 22.4 Å². The van der Waals surface area contributed by atoms with E-state index < -0.39 is 5.60 Å². The number of carbonyl (C=O) groups excluding carboxylic acids is 1. The minimum Gasteiger partial charge on any atom is -0.365 e. The second kappa shape index (κ2) is 7.66. The van der Waals surface area contributed by atoms with Gasteiger partial charge < -0.3 is 9.72 Å². The molecule has 0 spiro atoms. The van der Waals surface area contributed by atoms with E-state index in [4.69, 9.17) is 4.74 Å². The lowest BCUT2D eigenvalue weighted by Gasteiger charge is -2.31. The van der Waals surface area contributed by atoms with Crippen LogP contribution in [0.2, 0.25) is 0 Å². The number of fused-ring (bicyclic) bond motifs is 1. The number of benzene rings is 2. The van der Waals surface area contributed by atoms with E-state index in [0.29, 0.717) is 17.2 Å². The number of H-pyrrole nitrogens is 1. The summed E-state index contributed by atoms with van der Waals surface area (Å²) in [6.45, 7) is 0. The van der Waals surface area contributed by atoms with Crippen LogP contribution in [-0.2, 0) is 10.3 Å². The Morgan fingerprint density at radius 2 is 1.68 bits per heavy atom. The summed E-state index contributed by atoms with van der Waals surface area (Å²) < 4.78 is 5.76. The minimum absolute atomic E-state index is 0.190. The Labute approximate surface area is 179 Å². The lowest BCUT2D eigenvalue weighted by molar-refractivity contribution is 0.0652. The van der Waals surface area contributed by atoms with E-state index >= 15 is 0 Å². The highest BCUT2D eigenvalue weighted by molar-refractivity contribution is 5.98. The van der Waals surface area contributed by atoms with Gasteiger partial charge in [-0.15, -0.1) is 0 Å². The van der Waals surface area contributed by atoms with Crippen molar-refractivity contribution in [3.63, 3.8) is 0 Å². The topological polar surface area (TPSA) is 71.1 Å². The third-order valence-corrected chi connectivity index (χ3v) is 5.40. The molecule has 6 heteroatoms. The van der Waals surface area contributed by atoms with E-state index in [0.717, 1.165) is 16.5 Å². The molecule has 6 nitrogen and oxygen atoms in total. The Morgan fingerprint density at radius 1 is 1.00 bits per heavy atom. The molecule has 1 aliphatic heterocycles. The average molecular weight is 408 g/mol. The molecule has 0 saturated heterocycles. The Morgan fingerprint density at radius 3 is 2.35 bits per heavy atom. The lowest BCUT2D eigenvalue weighted by Crippen LogP contribution is -2.31. The Balaban J connectivity index is 1.41. The van der Waals surface area contributed by atoms with Crippen molar-refractivity contribution in [3.8, 4) is 11.4 Å². The van der Waals surface area contributed by atoms with Gasteiger partial charge in [-0.3, -0.25) is 9.69 Å². The molecule has 5 rings (SSSR count). The molecule has 0 bridgehead atoms. The fourth-order valence-electron chi connectivity index (χ4n) is 3.66. The van der Waals surface area contributed by atoms with E-state index in [9.17, 15) is 4.79 Å². The summed E-state index contributed by atoms with van der Waals surface area (Å²) in [6, 6.07) is 21.4. The molecule has 152 valence electrons. The van der Waals surface area contributed by atoms with E-state index in [1.807, 2.05) is 72.8 Å². The second-order valence-electron chi connectivity index (χ2n) is 7.25. The normalized spacial score (nSPS) is 14.8. The van der Waals surface area contributed by atoms with Crippen molar-refractivity contribution in [3.05, 3.63) is 109 Å². The molecule has 0 radical (unpaired) electrons. The van der Waals surface area contributed by atoms with Crippen molar-refractivity contribution >= 4 is 16.9 Å². The first-order chi connectivity index (χ1) is 15.2. The van der Waals surface area contributed by atoms with Crippen LogP contribution in [0, 0.1) is 0 Å². The molecule has 3 heterocycles. The summed E-state index contributed by atoms with van der Waals surface area (Å²) in [5.41, 5.74) is 2.28. The molecule has 0 unspecified atom stereocenters. The second-order valence-corrected chi connectivity index (χ2v) is 7.25. The standard InChI is InChI=1S/C25H20N4O2/c1-31-25(20-10-6-3-7-11-20)12-14-29(15-13-25)24(30)21-16-19-17-26-22(28-23(19)27-21)18-8-4-2-5-9-18/h2-17H,1H3,(H,26,27,28). The fourth-order valence-corrected chi connectivity index (χ4v) is 3.66. The number of rotatable bonds is 4. The SMILES string of the molecule is COC1(c2ccccc2)C=CN(C(=O)c2cc3cnc(-c4ccccc4)nc3[nH]2)C=C1. The minimum atomic E-state index is -0.700. The number of hydrogen-bond acceptors (Lipinski definition) is 4. The molecule has 0 saturated carbocycles. The summed E-state index contributed by atoms with van der Waals surface area (Å²) >= 11 is 0. The fraction of sp³-hybridized carbons (Fsp3) is 0.0800. The van der Waals surface area contributed by atoms with Crippen LogP contribution in [0.5, 0.6) is 0 Å². The van der Waals surface area contributed by atoms with Gasteiger partial charge in [-0.25, -0.2) is 9.97 Å². The summed E-state index contributed by atoms with van der Waals surface area (Å²) in [6.07, 6.45) is 8.93. The summed E-state index contributed by atoms with van der Waals surface area (Å²) in [7, 11) is 1.65. The zero-order valence-electron chi connectivity index (χ0n) is 16.9. The van der Waals surface area contributed by atoms with Gasteiger partial charge in [0.05, 0.1) is 0 Å². The van der Waals surface area contributed by atoms with Gasteiger partial charge in [-0.05, 0) is 23.8 Å². The largest absolute Gasteiger partial charge is 0.365 e. The number of methoxy groups -OCH3 is 1. The smallest absolute Gasteiger partial charge is 0.278 e. The van der Waals surface area contributed by atoms with Crippen molar-refractivity contribution in [1.82, 2.24) is 19.9 Å². The maximum absolute atomic E-state index is 13.1. The van der Waals surface area contributed by atoms with E-state index in [-0.39, 0.29) is 5.91 Å². The number of aromatic amines is 1. The third kappa shape index (κ3) is 3.43. The first-order valence-electron chi connectivity index (χ1n) is 9.92. The molecular formula is C25H20N4O2. The van der Waals surface area contributed by atoms with Crippen LogP contribution in [0.15, 0.2) is 97.5 Å². The van der Waals surface area contributed by atoms with Crippen molar-refractivity contribution in [2.24, 2.45) is 0 Å². The molecule has 4 aromatic rings. The first kappa shape index (κ1) is 19.0. The van der Waals surface area contributed by atoms with Crippen molar-refractivity contribution in [1.29, 1.82) is 0 Å². The summed E-state index contributed by atoms with van der Waals surface area (Å²) in [5, 5.41) is 0.781. The Kier molecular flexibility index (Phi) is 4.69. The van der Waals surface area contributed by atoms with Crippen LogP contribution in [0.3, 0.4) is 0 Å². The van der Waals surface area contributed by atoms with E-state index in [1.165, 1.54) is 4.90 Å². The lowest BCUT2D eigenvalue weighted by atomic mass is 9.92. The third-order valence-electron chi connectivity index (χ3n) is 5.40. The Hall–Kier alpha value is -4.03. The molecule has 1 N–H and O–H groups in total. The summed E-state index contributed by atoms with van der Waals surface area (Å²) in [5.74, 6) is 0.420. The Bertz CT molecular complexity index is 1280. The molecule has 2 aromatic carbocycles. The van der Waals surface area contributed by atoms with Gasteiger partial charge in [-0.2, -0.15) is 0 Å². The van der Waals surface area contributed by atoms with Crippen LogP contribution in [0.4, 0.5) is 0 Å². The number of aromatic nitrogens is 3. The zero-order valence-corrected chi connectivity index (χ0v) is 16.9. The highest BCUT2D eigenvalue weighted by Crippen LogP contribution is 2.32. The van der Waals surface area contributed by atoms with Crippen molar-refractivity contribution in [2.45, 2.75) is 5.60 Å². The molecule has 0 atom stereocenters. The van der Waals surface area contributed by atoms with Gasteiger partial charge in [0.2, 0.25) is 0 Å². The number of hydrogen-bond donors (Lipinski definition) is 1. The van der Waals surface area contributed by atoms with E-state index in [1.54, 1.807) is 31.8 Å². The number of nitrogens with zero attached hydrogens (tertiary/aromatic N) is 3. The molecule has 0 fully saturated rings. The van der Waals surface area contributed by atoms with Crippen LogP contribution >= 0.6 is 0 Å². The van der Waals surface area contributed by atoms with Crippen molar-refractivity contribution in [2.75, 3.05) is 7.11 Å². The molecule has 31 heavy (non-hydrogen) atoms. The predicted molar refractivity (Wildman–Crippen MR) is 119 cm³/mol. The maximum Gasteiger partial charge on any atom is 0.278 e. The highest BCUT2D eigenvalue weighted by atomic mass is 16.5. The molecule has 1 aliphatic rings. The average Bonchev–Trinajstić information content (AvgIpc) is 3.28. The van der Waals surface area contributed by atoms with Crippen LogP contribution in [-0.4, -0.2) is 32.9 Å². The van der Waals surface area contributed by atoms with E-state index in [2.05, 4.69) is 15.0 Å². The van der Waals surface area contributed by atoms with Gasteiger partial charge in [0, 0.05) is 36.7 Å². The van der Waals surface area contributed by atoms with Crippen molar-refractivity contribution < 1.29 is 9.53 Å². The van der Waals surface area contributed by atoms with Gasteiger partial charge in [0.25, 0.3) is 5.91 Å². The maximum atomic E-state index is 13.1. The number of ether oxygens (including phenoxy) is 1. The predicted octanol–water partition coefficient (Wildman–Crippen LogP) is 4.65. The molecular weight excluding hydrogens is 388 g/mol. The molecule has 1 amide bonds. The monoisotopic (exact) mass is 408 g/mol. The van der Waals surface area contributed by atoms with Crippen LogP contribution in [0.1, 0.15) is 16.1 Å². The first-order valence-corrected chi connectivity index (χ1v) is 9.92.